The van der Waals surface area contributed by atoms with Gasteiger partial charge in [-0.25, -0.2) is 14.4 Å². The number of halogens is 1. The van der Waals surface area contributed by atoms with Gasteiger partial charge in [-0.1, -0.05) is 6.92 Å². The molecule has 1 unspecified atom stereocenters. The zero-order chi connectivity index (χ0) is 13.0. The topological polar surface area (TPSA) is 41.1 Å². The summed E-state index contributed by atoms with van der Waals surface area (Å²) in [5.74, 6) is 0.802. The van der Waals surface area contributed by atoms with Crippen molar-refractivity contribution in [2.24, 2.45) is 5.92 Å². The third kappa shape index (κ3) is 2.77. The minimum atomic E-state index is -0.245. The Kier molecular flexibility index (Phi) is 4.47. The molecule has 0 aromatic carbocycles. The molecule has 2 heterocycles. The van der Waals surface area contributed by atoms with Gasteiger partial charge in [-0.3, -0.25) is 0 Å². The number of hydrogen-bond donors (Lipinski definition) is 1. The first-order chi connectivity index (χ1) is 8.76. The number of anilines is 1. The van der Waals surface area contributed by atoms with E-state index in [1.54, 1.807) is 0 Å². The van der Waals surface area contributed by atoms with Gasteiger partial charge < -0.3 is 10.2 Å². The normalized spacial score (nSPS) is 20.2. The lowest BCUT2D eigenvalue weighted by Crippen LogP contribution is -2.40. The highest BCUT2D eigenvalue weighted by molar-refractivity contribution is 5.41. The lowest BCUT2D eigenvalue weighted by Gasteiger charge is -2.33. The molecule has 1 aromatic rings. The van der Waals surface area contributed by atoms with Crippen LogP contribution in [-0.2, 0) is 6.42 Å². The van der Waals surface area contributed by atoms with E-state index in [0.29, 0.717) is 23.9 Å². The van der Waals surface area contributed by atoms with Gasteiger partial charge in [0.25, 0.3) is 0 Å². The first kappa shape index (κ1) is 13.2. The van der Waals surface area contributed by atoms with Crippen LogP contribution in [0.3, 0.4) is 0 Å². The Labute approximate surface area is 108 Å². The van der Waals surface area contributed by atoms with Crippen LogP contribution in [0.5, 0.6) is 0 Å². The molecule has 1 atom stereocenters. The minimum absolute atomic E-state index is 0.245. The van der Waals surface area contributed by atoms with E-state index in [4.69, 9.17) is 0 Å². The number of rotatable bonds is 4. The Balaban J connectivity index is 2.15. The maximum atomic E-state index is 14.2. The van der Waals surface area contributed by atoms with Crippen LogP contribution < -0.4 is 10.2 Å². The van der Waals surface area contributed by atoms with Gasteiger partial charge in [0, 0.05) is 13.1 Å². The van der Waals surface area contributed by atoms with Crippen molar-refractivity contribution in [2.75, 3.05) is 31.6 Å². The highest BCUT2D eigenvalue weighted by Crippen LogP contribution is 2.24. The molecule has 0 amide bonds. The Hall–Kier alpha value is -1.23. The van der Waals surface area contributed by atoms with Gasteiger partial charge in [0.1, 0.15) is 6.33 Å². The van der Waals surface area contributed by atoms with Gasteiger partial charge in [-0.2, -0.15) is 0 Å². The van der Waals surface area contributed by atoms with Crippen molar-refractivity contribution >= 4 is 5.82 Å². The summed E-state index contributed by atoms with van der Waals surface area (Å²) in [5.41, 5.74) is 0.510. The Morgan fingerprint density at radius 1 is 1.50 bits per heavy atom. The summed E-state index contributed by atoms with van der Waals surface area (Å²) in [4.78, 5) is 10.2. The minimum Gasteiger partial charge on any atom is -0.354 e. The molecule has 1 aliphatic heterocycles. The van der Waals surface area contributed by atoms with Crippen molar-refractivity contribution < 1.29 is 4.39 Å². The average Bonchev–Trinajstić information content (AvgIpc) is 2.40. The van der Waals surface area contributed by atoms with Crippen LogP contribution in [0.2, 0.25) is 0 Å². The average molecular weight is 252 g/mol. The summed E-state index contributed by atoms with van der Waals surface area (Å²) in [5, 5.41) is 3.19. The van der Waals surface area contributed by atoms with Crippen LogP contribution in [0.4, 0.5) is 10.2 Å². The van der Waals surface area contributed by atoms with Gasteiger partial charge in [0.05, 0.1) is 5.69 Å². The van der Waals surface area contributed by atoms with E-state index in [9.17, 15) is 4.39 Å². The summed E-state index contributed by atoms with van der Waals surface area (Å²) in [6, 6.07) is 0. The highest BCUT2D eigenvalue weighted by Gasteiger charge is 2.23. The maximum absolute atomic E-state index is 14.2. The molecule has 1 N–H and O–H groups in total. The molecule has 0 saturated carbocycles. The number of nitrogens with zero attached hydrogens (tertiary/aromatic N) is 3. The number of hydrogen-bond acceptors (Lipinski definition) is 4. The Morgan fingerprint density at radius 3 is 3.06 bits per heavy atom. The maximum Gasteiger partial charge on any atom is 0.187 e. The Morgan fingerprint density at radius 2 is 2.33 bits per heavy atom. The van der Waals surface area contributed by atoms with E-state index in [0.717, 1.165) is 26.1 Å². The second-order valence-corrected chi connectivity index (χ2v) is 4.82. The zero-order valence-corrected chi connectivity index (χ0v) is 11.1. The molecule has 1 aromatic heterocycles. The number of aryl methyl sites for hydroxylation is 1. The van der Waals surface area contributed by atoms with Crippen LogP contribution in [0.25, 0.3) is 0 Å². The van der Waals surface area contributed by atoms with Crippen LogP contribution >= 0.6 is 0 Å². The molecule has 0 radical (unpaired) electrons. The van der Waals surface area contributed by atoms with E-state index in [-0.39, 0.29) is 5.82 Å². The van der Waals surface area contributed by atoms with Crippen LogP contribution in [0, 0.1) is 11.7 Å². The lowest BCUT2D eigenvalue weighted by atomic mass is 9.98. The number of piperidine rings is 1. The van der Waals surface area contributed by atoms with E-state index < -0.39 is 0 Å². The van der Waals surface area contributed by atoms with Crippen LogP contribution in [-0.4, -0.2) is 36.6 Å². The summed E-state index contributed by atoms with van der Waals surface area (Å²) in [6.45, 7) is 4.65. The molecule has 2 rings (SSSR count). The van der Waals surface area contributed by atoms with Gasteiger partial charge in [-0.15, -0.1) is 0 Å². The molecule has 100 valence electrons. The molecular formula is C13H21FN4. The van der Waals surface area contributed by atoms with Crippen molar-refractivity contribution in [3.8, 4) is 0 Å². The molecule has 18 heavy (non-hydrogen) atoms. The quantitative estimate of drug-likeness (QED) is 0.884. The van der Waals surface area contributed by atoms with Gasteiger partial charge in [-0.05, 0) is 38.8 Å². The van der Waals surface area contributed by atoms with Crippen molar-refractivity contribution in [1.29, 1.82) is 0 Å². The number of nitrogens with one attached hydrogen (secondary N) is 1. The first-order valence-corrected chi connectivity index (χ1v) is 6.65. The third-order valence-electron chi connectivity index (χ3n) is 3.49. The summed E-state index contributed by atoms with van der Waals surface area (Å²) < 4.78 is 14.2. The standard InChI is InChI=1S/C13H21FN4/c1-3-11-12(14)13(17-9-16-11)18-6-4-5-10(8-18)7-15-2/h9-10,15H,3-8H2,1-2H3. The molecule has 0 spiro atoms. The monoisotopic (exact) mass is 252 g/mol. The van der Waals surface area contributed by atoms with E-state index >= 15 is 0 Å². The zero-order valence-electron chi connectivity index (χ0n) is 11.1. The second kappa shape index (κ2) is 6.09. The first-order valence-electron chi connectivity index (χ1n) is 6.65. The smallest absolute Gasteiger partial charge is 0.187 e. The van der Waals surface area contributed by atoms with E-state index in [1.807, 2.05) is 14.0 Å². The van der Waals surface area contributed by atoms with Gasteiger partial charge >= 0.3 is 0 Å². The van der Waals surface area contributed by atoms with Crippen molar-refractivity contribution in [3.63, 3.8) is 0 Å². The SMILES string of the molecule is CCc1ncnc(N2CCCC(CNC)C2)c1F. The fraction of sp³-hybridized carbons (Fsp3) is 0.692. The van der Waals surface area contributed by atoms with Crippen LogP contribution in [0.1, 0.15) is 25.5 Å². The van der Waals surface area contributed by atoms with Gasteiger partial charge in [0.15, 0.2) is 11.6 Å². The molecule has 0 bridgehead atoms. The molecule has 4 nitrogen and oxygen atoms in total. The summed E-state index contributed by atoms with van der Waals surface area (Å²) in [6.07, 6.45) is 4.37. The fourth-order valence-electron chi connectivity index (χ4n) is 2.58. The van der Waals surface area contributed by atoms with Crippen molar-refractivity contribution in [3.05, 3.63) is 17.8 Å². The largest absolute Gasteiger partial charge is 0.354 e. The predicted octanol–water partition coefficient (Wildman–Crippen LogP) is 1.61. The molecule has 1 saturated heterocycles. The molecule has 5 heteroatoms. The van der Waals surface area contributed by atoms with Gasteiger partial charge in [0.2, 0.25) is 0 Å². The second-order valence-electron chi connectivity index (χ2n) is 4.82. The summed E-state index contributed by atoms with van der Waals surface area (Å²) >= 11 is 0. The highest BCUT2D eigenvalue weighted by atomic mass is 19.1. The summed E-state index contributed by atoms with van der Waals surface area (Å²) in [7, 11) is 1.96. The lowest BCUT2D eigenvalue weighted by molar-refractivity contribution is 0.397. The van der Waals surface area contributed by atoms with Crippen LogP contribution in [0.15, 0.2) is 6.33 Å². The molecule has 1 fully saturated rings. The Bertz CT molecular complexity index is 395. The predicted molar refractivity (Wildman–Crippen MR) is 70.2 cm³/mol. The number of aromatic nitrogens is 2. The van der Waals surface area contributed by atoms with Crippen molar-refractivity contribution in [1.82, 2.24) is 15.3 Å². The molecule has 1 aliphatic rings. The van der Waals surface area contributed by atoms with Crippen molar-refractivity contribution in [2.45, 2.75) is 26.2 Å². The fourth-order valence-corrected chi connectivity index (χ4v) is 2.58. The van der Waals surface area contributed by atoms with E-state index in [2.05, 4.69) is 20.2 Å². The molecular weight excluding hydrogens is 231 g/mol. The third-order valence-corrected chi connectivity index (χ3v) is 3.49. The molecule has 0 aliphatic carbocycles. The van der Waals surface area contributed by atoms with E-state index in [1.165, 1.54) is 12.7 Å².